The molecule has 220 valence electrons. The first-order valence-corrected chi connectivity index (χ1v) is 15.4. The normalized spacial score (nSPS) is 11.9. The van der Waals surface area contributed by atoms with Crippen molar-refractivity contribution in [2.24, 2.45) is 0 Å². The standard InChI is InChI=1S/C32H41N3O5S/c1-6-8-17-33-32(37)30(7-2)34(22-26-13-12-14-28(21-26)40-5)31(36)23-35(27-19-24(3)18-25(4)20-27)41(38,39)29-15-10-9-11-16-29/h9-16,18-21,30H,6-8,17,22-23H2,1-5H3,(H,33,37)/t30-/m1/s1. The first kappa shape index (κ1) is 31.7. The highest BCUT2D eigenvalue weighted by molar-refractivity contribution is 7.92. The molecule has 2 amide bonds. The van der Waals surface area contributed by atoms with Crippen LogP contribution < -0.4 is 14.4 Å². The van der Waals surface area contributed by atoms with Gasteiger partial charge < -0.3 is 15.0 Å². The maximum absolute atomic E-state index is 14.2. The number of carbonyl (C=O) groups is 2. The molecule has 0 fully saturated rings. The molecule has 8 nitrogen and oxygen atoms in total. The summed E-state index contributed by atoms with van der Waals surface area (Å²) in [5.41, 5.74) is 2.90. The Kier molecular flexibility index (Phi) is 11.3. The van der Waals surface area contributed by atoms with E-state index in [1.54, 1.807) is 43.5 Å². The minimum absolute atomic E-state index is 0.0793. The summed E-state index contributed by atoms with van der Waals surface area (Å²) in [6.07, 6.45) is 2.11. The first-order valence-electron chi connectivity index (χ1n) is 14.0. The second-order valence-corrected chi connectivity index (χ2v) is 12.0. The van der Waals surface area contributed by atoms with Gasteiger partial charge in [0.2, 0.25) is 11.8 Å². The van der Waals surface area contributed by atoms with Crippen LogP contribution in [0, 0.1) is 13.8 Å². The highest BCUT2D eigenvalue weighted by Gasteiger charge is 2.33. The van der Waals surface area contributed by atoms with Crippen LogP contribution in [0.4, 0.5) is 5.69 Å². The maximum Gasteiger partial charge on any atom is 0.264 e. The van der Waals surface area contributed by atoms with Gasteiger partial charge >= 0.3 is 0 Å². The van der Waals surface area contributed by atoms with Crippen molar-refractivity contribution in [1.82, 2.24) is 10.2 Å². The monoisotopic (exact) mass is 579 g/mol. The molecule has 0 aliphatic heterocycles. The summed E-state index contributed by atoms with van der Waals surface area (Å²) in [6, 6.07) is 20.0. The quantitative estimate of drug-likeness (QED) is 0.264. The van der Waals surface area contributed by atoms with Crippen molar-refractivity contribution < 1.29 is 22.7 Å². The number of unbranched alkanes of at least 4 members (excludes halogenated alkanes) is 1. The van der Waals surface area contributed by atoms with Crippen molar-refractivity contribution in [2.45, 2.75) is 64.4 Å². The number of rotatable bonds is 14. The minimum Gasteiger partial charge on any atom is -0.497 e. The summed E-state index contributed by atoms with van der Waals surface area (Å²) in [4.78, 5) is 29.0. The number of anilines is 1. The second kappa shape index (κ2) is 14.7. The van der Waals surface area contributed by atoms with E-state index in [0.29, 0.717) is 24.4 Å². The number of aryl methyl sites for hydroxylation is 2. The van der Waals surface area contributed by atoms with Crippen molar-refractivity contribution in [2.75, 3.05) is 24.5 Å². The Balaban J connectivity index is 2.06. The Bertz CT molecular complexity index is 1410. The molecule has 9 heteroatoms. The van der Waals surface area contributed by atoms with Crippen molar-refractivity contribution in [3.05, 3.63) is 89.5 Å². The molecule has 0 heterocycles. The maximum atomic E-state index is 14.2. The molecule has 0 bridgehead atoms. The molecule has 3 aromatic carbocycles. The molecule has 0 unspecified atom stereocenters. The third-order valence-corrected chi connectivity index (χ3v) is 8.60. The lowest BCUT2D eigenvalue weighted by molar-refractivity contribution is -0.140. The lowest BCUT2D eigenvalue weighted by Crippen LogP contribution is -2.52. The zero-order chi connectivity index (χ0) is 30.0. The average molecular weight is 580 g/mol. The number of carbonyl (C=O) groups excluding carboxylic acids is 2. The molecule has 1 N–H and O–H groups in total. The first-order chi connectivity index (χ1) is 19.6. The Morgan fingerprint density at radius 1 is 0.927 bits per heavy atom. The Labute approximate surface area is 244 Å². The van der Waals surface area contributed by atoms with Crippen LogP contribution in [0.3, 0.4) is 0 Å². The Morgan fingerprint density at radius 3 is 2.22 bits per heavy atom. The summed E-state index contributed by atoms with van der Waals surface area (Å²) in [5.74, 6) is -0.121. The summed E-state index contributed by atoms with van der Waals surface area (Å²) < 4.78 is 34.4. The fourth-order valence-electron chi connectivity index (χ4n) is 4.74. The number of hydrogen-bond acceptors (Lipinski definition) is 5. The third kappa shape index (κ3) is 8.33. The summed E-state index contributed by atoms with van der Waals surface area (Å²) in [5, 5.41) is 2.94. The Morgan fingerprint density at radius 2 is 1.61 bits per heavy atom. The van der Waals surface area contributed by atoms with Crippen molar-refractivity contribution in [3.8, 4) is 5.75 Å². The molecular formula is C32H41N3O5S. The van der Waals surface area contributed by atoms with E-state index < -0.39 is 28.5 Å². The number of methoxy groups -OCH3 is 1. The van der Waals surface area contributed by atoms with Crippen LogP contribution in [0.25, 0.3) is 0 Å². The highest BCUT2D eigenvalue weighted by atomic mass is 32.2. The zero-order valence-electron chi connectivity index (χ0n) is 24.6. The molecule has 0 spiro atoms. The second-order valence-electron chi connectivity index (χ2n) is 10.1. The molecular weight excluding hydrogens is 538 g/mol. The van der Waals surface area contributed by atoms with E-state index in [0.717, 1.165) is 33.8 Å². The average Bonchev–Trinajstić information content (AvgIpc) is 2.95. The largest absolute Gasteiger partial charge is 0.497 e. The van der Waals surface area contributed by atoms with Gasteiger partial charge in [0.05, 0.1) is 17.7 Å². The highest BCUT2D eigenvalue weighted by Crippen LogP contribution is 2.27. The number of hydrogen-bond donors (Lipinski definition) is 1. The minimum atomic E-state index is -4.10. The van der Waals surface area contributed by atoms with Gasteiger partial charge in [0, 0.05) is 13.1 Å². The molecule has 1 atom stereocenters. The number of benzene rings is 3. The van der Waals surface area contributed by atoms with E-state index in [9.17, 15) is 18.0 Å². The fourth-order valence-corrected chi connectivity index (χ4v) is 6.16. The molecule has 0 aromatic heterocycles. The summed E-state index contributed by atoms with van der Waals surface area (Å²) >= 11 is 0. The molecule has 3 aromatic rings. The number of ether oxygens (including phenoxy) is 1. The lowest BCUT2D eigenvalue weighted by atomic mass is 10.1. The molecule has 3 rings (SSSR count). The van der Waals surface area contributed by atoms with Crippen molar-refractivity contribution in [3.63, 3.8) is 0 Å². The molecule has 0 radical (unpaired) electrons. The van der Waals surface area contributed by atoms with Crippen LogP contribution in [-0.4, -0.2) is 51.4 Å². The molecule has 41 heavy (non-hydrogen) atoms. The van der Waals surface area contributed by atoms with E-state index in [2.05, 4.69) is 5.32 Å². The van der Waals surface area contributed by atoms with Crippen LogP contribution in [0.2, 0.25) is 0 Å². The molecule has 0 saturated heterocycles. The molecule has 0 aliphatic carbocycles. The van der Waals surface area contributed by atoms with Gasteiger partial charge in [0.1, 0.15) is 18.3 Å². The van der Waals surface area contributed by atoms with Crippen LogP contribution in [0.15, 0.2) is 77.7 Å². The molecule has 0 saturated carbocycles. The van der Waals surface area contributed by atoms with Gasteiger partial charge in [-0.15, -0.1) is 0 Å². The number of nitrogens with zero attached hydrogens (tertiary/aromatic N) is 2. The van der Waals surface area contributed by atoms with Crippen LogP contribution in [0.1, 0.15) is 49.8 Å². The van der Waals surface area contributed by atoms with E-state index in [-0.39, 0.29) is 17.3 Å². The number of nitrogens with one attached hydrogen (secondary N) is 1. The van der Waals surface area contributed by atoms with Gasteiger partial charge in [-0.05, 0) is 79.8 Å². The van der Waals surface area contributed by atoms with Crippen LogP contribution >= 0.6 is 0 Å². The van der Waals surface area contributed by atoms with E-state index in [1.807, 2.05) is 52.0 Å². The smallest absolute Gasteiger partial charge is 0.264 e. The van der Waals surface area contributed by atoms with Gasteiger partial charge in [-0.3, -0.25) is 13.9 Å². The summed E-state index contributed by atoms with van der Waals surface area (Å²) in [7, 11) is -2.54. The number of sulfonamides is 1. The topological polar surface area (TPSA) is 96.0 Å². The van der Waals surface area contributed by atoms with Gasteiger partial charge in [-0.1, -0.05) is 56.7 Å². The lowest BCUT2D eigenvalue weighted by Gasteiger charge is -2.33. The van der Waals surface area contributed by atoms with Crippen molar-refractivity contribution in [1.29, 1.82) is 0 Å². The zero-order valence-corrected chi connectivity index (χ0v) is 25.4. The van der Waals surface area contributed by atoms with E-state index >= 15 is 0 Å². The molecule has 0 aliphatic rings. The van der Waals surface area contributed by atoms with Gasteiger partial charge in [-0.25, -0.2) is 8.42 Å². The predicted molar refractivity (Wildman–Crippen MR) is 162 cm³/mol. The van der Waals surface area contributed by atoms with Crippen molar-refractivity contribution >= 4 is 27.5 Å². The van der Waals surface area contributed by atoms with E-state index in [1.165, 1.54) is 17.0 Å². The predicted octanol–water partition coefficient (Wildman–Crippen LogP) is 5.23. The van der Waals surface area contributed by atoms with Crippen LogP contribution in [-0.2, 0) is 26.2 Å². The van der Waals surface area contributed by atoms with Crippen LogP contribution in [0.5, 0.6) is 5.75 Å². The fraction of sp³-hybridized carbons (Fsp3) is 0.375. The number of amides is 2. The van der Waals surface area contributed by atoms with Gasteiger partial charge in [0.15, 0.2) is 0 Å². The Hall–Kier alpha value is -3.85. The SMILES string of the molecule is CCCCNC(=O)[C@@H](CC)N(Cc1cccc(OC)c1)C(=O)CN(c1cc(C)cc(C)c1)S(=O)(=O)c1ccccc1. The van der Waals surface area contributed by atoms with E-state index in [4.69, 9.17) is 4.74 Å². The van der Waals surface area contributed by atoms with Gasteiger partial charge in [0.25, 0.3) is 10.0 Å². The summed E-state index contributed by atoms with van der Waals surface area (Å²) in [6.45, 7) is 7.80. The third-order valence-electron chi connectivity index (χ3n) is 6.81. The van der Waals surface area contributed by atoms with Gasteiger partial charge in [-0.2, -0.15) is 0 Å².